The van der Waals surface area contributed by atoms with Gasteiger partial charge in [0.1, 0.15) is 11.3 Å². The molecule has 0 radical (unpaired) electrons. The molecule has 2 aromatic heterocycles. The third-order valence-corrected chi connectivity index (χ3v) is 7.18. The molecule has 0 aliphatic heterocycles. The second kappa shape index (κ2) is 9.00. The van der Waals surface area contributed by atoms with Crippen molar-refractivity contribution in [1.82, 2.24) is 14.8 Å². The predicted molar refractivity (Wildman–Crippen MR) is 127 cm³/mol. The highest BCUT2D eigenvalue weighted by atomic mass is 35.5. The molecule has 0 N–H and O–H groups in total. The van der Waals surface area contributed by atoms with Crippen LogP contribution in [0.2, 0.25) is 5.02 Å². The topological polar surface area (TPSA) is 70.2 Å². The van der Waals surface area contributed by atoms with Crippen molar-refractivity contribution in [3.63, 3.8) is 0 Å². The van der Waals surface area contributed by atoms with E-state index in [2.05, 4.69) is 14.8 Å². The smallest absolute Gasteiger partial charge is 0.336 e. The monoisotopic (exact) mass is 467 g/mol. The van der Waals surface area contributed by atoms with Crippen molar-refractivity contribution in [2.75, 3.05) is 7.11 Å². The molecular formula is C24H22ClN3O3S. The average molecular weight is 468 g/mol. The molecule has 5 rings (SSSR count). The molecule has 4 aromatic rings. The van der Waals surface area contributed by atoms with Gasteiger partial charge in [0.2, 0.25) is 0 Å². The van der Waals surface area contributed by atoms with Crippen LogP contribution in [0.4, 0.5) is 0 Å². The highest BCUT2D eigenvalue weighted by molar-refractivity contribution is 7.98. The molecule has 2 aromatic carbocycles. The number of fused-ring (bicyclic) bond motifs is 1. The van der Waals surface area contributed by atoms with Crippen LogP contribution >= 0.6 is 23.4 Å². The van der Waals surface area contributed by atoms with E-state index in [4.69, 9.17) is 20.8 Å². The molecular weight excluding hydrogens is 446 g/mol. The highest BCUT2D eigenvalue weighted by Crippen LogP contribution is 2.39. The molecule has 0 bridgehead atoms. The quantitative estimate of drug-likeness (QED) is 0.251. The fourth-order valence-electron chi connectivity index (χ4n) is 4.29. The van der Waals surface area contributed by atoms with Gasteiger partial charge in [0.25, 0.3) is 0 Å². The summed E-state index contributed by atoms with van der Waals surface area (Å²) in [7, 11) is 1.59. The average Bonchev–Trinajstić information content (AvgIpc) is 3.47. The standard InChI is InChI=1S/C24H22ClN3O3S/c1-30-17-10-11-18-15(12-22(29)31-21(18)13-17)14-32-24-27-26-23(19-8-4-5-9-20(19)25)28(24)16-6-2-3-7-16/h4-5,8-13,16H,2-3,6-7,14H2,1H3. The Balaban J connectivity index is 1.51. The summed E-state index contributed by atoms with van der Waals surface area (Å²) in [6, 6.07) is 15.2. The highest BCUT2D eigenvalue weighted by Gasteiger charge is 2.26. The summed E-state index contributed by atoms with van der Waals surface area (Å²) >= 11 is 8.06. The molecule has 1 aliphatic rings. The summed E-state index contributed by atoms with van der Waals surface area (Å²) < 4.78 is 12.9. The third kappa shape index (κ3) is 4.02. The molecule has 32 heavy (non-hydrogen) atoms. The van der Waals surface area contributed by atoms with E-state index in [-0.39, 0.29) is 5.63 Å². The lowest BCUT2D eigenvalue weighted by molar-refractivity contribution is 0.414. The Morgan fingerprint density at radius 2 is 1.97 bits per heavy atom. The van der Waals surface area contributed by atoms with Gasteiger partial charge in [0, 0.05) is 34.9 Å². The number of thioether (sulfide) groups is 1. The van der Waals surface area contributed by atoms with Crippen molar-refractivity contribution < 1.29 is 9.15 Å². The number of nitrogens with zero attached hydrogens (tertiary/aromatic N) is 3. The van der Waals surface area contributed by atoms with E-state index in [9.17, 15) is 4.79 Å². The number of benzene rings is 2. The first-order chi connectivity index (χ1) is 15.6. The van der Waals surface area contributed by atoms with Crippen molar-refractivity contribution in [2.24, 2.45) is 0 Å². The Hall–Kier alpha value is -2.77. The van der Waals surface area contributed by atoms with Crippen LogP contribution in [0.15, 0.2) is 62.9 Å². The van der Waals surface area contributed by atoms with E-state index in [1.807, 2.05) is 36.4 Å². The van der Waals surface area contributed by atoms with Gasteiger partial charge in [-0.3, -0.25) is 4.57 Å². The Kier molecular flexibility index (Phi) is 5.93. The SMILES string of the molecule is COc1ccc2c(CSc3nnc(-c4ccccc4Cl)n3C3CCCC3)cc(=O)oc2c1. The van der Waals surface area contributed by atoms with Crippen molar-refractivity contribution >= 4 is 34.3 Å². The Morgan fingerprint density at radius 3 is 2.75 bits per heavy atom. The minimum atomic E-state index is -0.379. The second-order valence-electron chi connectivity index (χ2n) is 7.84. The molecule has 0 spiro atoms. The summed E-state index contributed by atoms with van der Waals surface area (Å²) in [4.78, 5) is 12.2. The van der Waals surface area contributed by atoms with Crippen molar-refractivity contribution in [3.8, 4) is 17.1 Å². The maximum absolute atomic E-state index is 12.2. The summed E-state index contributed by atoms with van der Waals surface area (Å²) in [6.07, 6.45) is 4.59. The van der Waals surface area contributed by atoms with Gasteiger partial charge in [-0.1, -0.05) is 48.3 Å². The normalized spacial score (nSPS) is 14.3. The van der Waals surface area contributed by atoms with Gasteiger partial charge in [0.05, 0.1) is 12.1 Å². The van der Waals surface area contributed by atoms with Crippen LogP contribution in [0.1, 0.15) is 37.3 Å². The van der Waals surface area contributed by atoms with Crippen molar-refractivity contribution in [1.29, 1.82) is 0 Å². The summed E-state index contributed by atoms with van der Waals surface area (Å²) in [6.45, 7) is 0. The molecule has 6 nitrogen and oxygen atoms in total. The summed E-state index contributed by atoms with van der Waals surface area (Å²) in [5.74, 6) is 2.02. The van der Waals surface area contributed by atoms with Crippen LogP contribution in [-0.2, 0) is 5.75 Å². The molecule has 0 atom stereocenters. The summed E-state index contributed by atoms with van der Waals surface area (Å²) in [5.41, 5.74) is 1.92. The number of rotatable bonds is 6. The predicted octanol–water partition coefficient (Wildman–Crippen LogP) is 6.12. The van der Waals surface area contributed by atoms with Gasteiger partial charge in [0.15, 0.2) is 11.0 Å². The minimum Gasteiger partial charge on any atom is -0.497 e. The fraction of sp³-hybridized carbons (Fsp3) is 0.292. The maximum atomic E-state index is 12.2. The van der Waals surface area contributed by atoms with Crippen LogP contribution in [0.5, 0.6) is 5.75 Å². The van der Waals surface area contributed by atoms with Crippen molar-refractivity contribution in [2.45, 2.75) is 42.6 Å². The second-order valence-corrected chi connectivity index (χ2v) is 9.19. The number of ether oxygens (including phenoxy) is 1. The number of hydrogen-bond acceptors (Lipinski definition) is 6. The van der Waals surface area contributed by atoms with E-state index in [0.29, 0.717) is 28.1 Å². The molecule has 0 amide bonds. The molecule has 1 saturated carbocycles. The molecule has 164 valence electrons. The number of hydrogen-bond donors (Lipinski definition) is 0. The summed E-state index contributed by atoms with van der Waals surface area (Å²) in [5, 5.41) is 11.4. The number of aromatic nitrogens is 3. The molecule has 0 unspecified atom stereocenters. The van der Waals surface area contributed by atoms with Crippen LogP contribution < -0.4 is 10.4 Å². The zero-order valence-corrected chi connectivity index (χ0v) is 19.2. The van der Waals surface area contributed by atoms with Gasteiger partial charge in [-0.05, 0) is 42.7 Å². The number of halogens is 1. The van der Waals surface area contributed by atoms with Crippen LogP contribution in [-0.4, -0.2) is 21.9 Å². The van der Waals surface area contributed by atoms with Gasteiger partial charge in [-0.2, -0.15) is 0 Å². The zero-order chi connectivity index (χ0) is 22.1. The molecule has 1 fully saturated rings. The van der Waals surface area contributed by atoms with Gasteiger partial charge >= 0.3 is 5.63 Å². The van der Waals surface area contributed by atoms with E-state index < -0.39 is 0 Å². The Bertz CT molecular complexity index is 1330. The fourth-order valence-corrected chi connectivity index (χ4v) is 5.51. The lowest BCUT2D eigenvalue weighted by atomic mass is 10.1. The first-order valence-electron chi connectivity index (χ1n) is 10.6. The van der Waals surface area contributed by atoms with Crippen LogP contribution in [0, 0.1) is 0 Å². The van der Waals surface area contributed by atoms with Crippen LogP contribution in [0.3, 0.4) is 0 Å². The van der Waals surface area contributed by atoms with Crippen LogP contribution in [0.25, 0.3) is 22.4 Å². The largest absolute Gasteiger partial charge is 0.497 e. The third-order valence-electron chi connectivity index (χ3n) is 5.86. The van der Waals surface area contributed by atoms with E-state index in [1.54, 1.807) is 31.0 Å². The molecule has 0 saturated heterocycles. The maximum Gasteiger partial charge on any atom is 0.336 e. The van der Waals surface area contributed by atoms with Crippen molar-refractivity contribution in [3.05, 3.63) is 69.5 Å². The molecule has 2 heterocycles. The number of methoxy groups -OCH3 is 1. The van der Waals surface area contributed by atoms with E-state index in [1.165, 1.54) is 12.8 Å². The lowest BCUT2D eigenvalue weighted by Crippen LogP contribution is -2.09. The Labute approximate surface area is 194 Å². The molecule has 1 aliphatic carbocycles. The Morgan fingerprint density at radius 1 is 1.16 bits per heavy atom. The zero-order valence-electron chi connectivity index (χ0n) is 17.6. The van der Waals surface area contributed by atoms with Gasteiger partial charge in [-0.25, -0.2) is 4.79 Å². The molecule has 8 heteroatoms. The first-order valence-corrected chi connectivity index (χ1v) is 11.9. The first kappa shape index (κ1) is 21.1. The van der Waals surface area contributed by atoms with Gasteiger partial charge < -0.3 is 9.15 Å². The minimum absolute atomic E-state index is 0.348. The lowest BCUT2D eigenvalue weighted by Gasteiger charge is -2.17. The van der Waals surface area contributed by atoms with E-state index in [0.717, 1.165) is 40.3 Å². The van der Waals surface area contributed by atoms with E-state index >= 15 is 0 Å². The van der Waals surface area contributed by atoms with Gasteiger partial charge in [-0.15, -0.1) is 10.2 Å².